The minimum absolute atomic E-state index is 0.0711. The highest BCUT2D eigenvalue weighted by atomic mass is 32.2. The minimum Gasteiger partial charge on any atom is -0.507 e. The van der Waals surface area contributed by atoms with Crippen molar-refractivity contribution in [1.29, 1.82) is 0 Å². The van der Waals surface area contributed by atoms with Crippen LogP contribution in [0.25, 0.3) is 22.0 Å². The number of nitrogens with zero attached hydrogens (tertiary/aromatic N) is 3. The van der Waals surface area contributed by atoms with Crippen LogP contribution in [-0.2, 0) is 9.84 Å². The first-order valence-electron chi connectivity index (χ1n) is 10.7. The molecule has 31 heavy (non-hydrogen) atoms. The van der Waals surface area contributed by atoms with Crippen molar-refractivity contribution in [2.75, 3.05) is 24.7 Å². The van der Waals surface area contributed by atoms with Crippen molar-refractivity contribution < 1.29 is 13.5 Å². The second-order valence-corrected chi connectivity index (χ2v) is 10.6. The van der Waals surface area contributed by atoms with Gasteiger partial charge in [-0.2, -0.15) is 0 Å². The fraction of sp³-hybridized carbons (Fsp3) is 0.391. The number of fused-ring (bicyclic) bond motifs is 1. The fourth-order valence-electron chi connectivity index (χ4n) is 4.44. The van der Waals surface area contributed by atoms with E-state index in [0.717, 1.165) is 41.9 Å². The second-order valence-electron chi connectivity index (χ2n) is 8.60. The number of benzene rings is 2. The first kappa shape index (κ1) is 20.2. The number of phenolic OH excluding ortho intramolecular Hbond substituents is 1. The zero-order chi connectivity index (χ0) is 21.6. The molecule has 2 fully saturated rings. The molecule has 7 nitrogen and oxygen atoms in total. The van der Waals surface area contributed by atoms with Gasteiger partial charge in [0.05, 0.1) is 4.90 Å². The maximum atomic E-state index is 11.8. The van der Waals surface area contributed by atoms with Gasteiger partial charge in [-0.25, -0.2) is 8.42 Å². The van der Waals surface area contributed by atoms with Crippen molar-refractivity contribution in [2.45, 2.75) is 42.7 Å². The summed E-state index contributed by atoms with van der Waals surface area (Å²) in [5.41, 5.74) is 0.988. The molecule has 2 heterocycles. The predicted octanol–water partition coefficient (Wildman–Crippen LogP) is 3.44. The number of phenols is 1. The predicted molar refractivity (Wildman–Crippen MR) is 121 cm³/mol. The van der Waals surface area contributed by atoms with Crippen LogP contribution in [0.15, 0.2) is 47.4 Å². The number of hydrogen-bond donors (Lipinski definition) is 2. The van der Waals surface area contributed by atoms with Gasteiger partial charge in [-0.05, 0) is 50.4 Å². The molecular weight excluding hydrogens is 412 g/mol. The number of aromatic hydroxyl groups is 1. The lowest BCUT2D eigenvalue weighted by atomic mass is 10.0. The standard InChI is InChI=1S/C23H26N4O3S/c1-31(29,30)17-10-11-20(21(28)13-17)22-18-6-2-3-7-19(18)23(26-25-22)24-15-5-4-12-27(14-15)16-8-9-16/h2-3,6-7,10-11,13,15-16,28H,4-5,8-9,12,14H2,1H3,(H,24,26)/t15-/m0/s1. The Balaban J connectivity index is 1.49. The highest BCUT2D eigenvalue weighted by Crippen LogP contribution is 2.36. The maximum absolute atomic E-state index is 11.8. The summed E-state index contributed by atoms with van der Waals surface area (Å²) in [6.07, 6.45) is 6.02. The SMILES string of the molecule is CS(=O)(=O)c1ccc(-c2nnc(N[C@H]3CCCN(C4CC4)C3)c3ccccc23)c(O)c1. The van der Waals surface area contributed by atoms with Gasteiger partial charge in [0.15, 0.2) is 15.7 Å². The number of hydrogen-bond acceptors (Lipinski definition) is 7. The van der Waals surface area contributed by atoms with E-state index in [9.17, 15) is 13.5 Å². The molecule has 1 aromatic heterocycles. The fourth-order valence-corrected chi connectivity index (χ4v) is 5.08. The van der Waals surface area contributed by atoms with Gasteiger partial charge in [-0.1, -0.05) is 24.3 Å². The summed E-state index contributed by atoms with van der Waals surface area (Å²) in [7, 11) is -3.41. The van der Waals surface area contributed by atoms with Crippen molar-refractivity contribution in [3.05, 3.63) is 42.5 Å². The molecule has 1 saturated heterocycles. The van der Waals surface area contributed by atoms with Crippen molar-refractivity contribution in [3.8, 4) is 17.0 Å². The first-order chi connectivity index (χ1) is 14.9. The van der Waals surface area contributed by atoms with E-state index in [0.29, 0.717) is 17.3 Å². The van der Waals surface area contributed by atoms with E-state index >= 15 is 0 Å². The van der Waals surface area contributed by atoms with Crippen LogP contribution in [0.2, 0.25) is 0 Å². The molecule has 0 bridgehead atoms. The smallest absolute Gasteiger partial charge is 0.175 e. The summed E-state index contributed by atoms with van der Waals surface area (Å²) < 4.78 is 23.6. The number of likely N-dealkylation sites (tertiary alicyclic amines) is 1. The van der Waals surface area contributed by atoms with Crippen LogP contribution in [0.3, 0.4) is 0 Å². The average Bonchev–Trinajstić information content (AvgIpc) is 3.59. The molecule has 5 rings (SSSR count). The normalized spacial score (nSPS) is 20.1. The van der Waals surface area contributed by atoms with E-state index in [-0.39, 0.29) is 10.6 Å². The Morgan fingerprint density at radius 1 is 1.06 bits per heavy atom. The Labute approximate surface area is 182 Å². The van der Waals surface area contributed by atoms with Crippen LogP contribution >= 0.6 is 0 Å². The summed E-state index contributed by atoms with van der Waals surface area (Å²) in [4.78, 5) is 2.65. The van der Waals surface area contributed by atoms with Gasteiger partial charge < -0.3 is 10.4 Å². The Morgan fingerprint density at radius 2 is 1.84 bits per heavy atom. The summed E-state index contributed by atoms with van der Waals surface area (Å²) in [5, 5.41) is 24.8. The first-order valence-corrected chi connectivity index (χ1v) is 12.6. The van der Waals surface area contributed by atoms with Crippen molar-refractivity contribution in [3.63, 3.8) is 0 Å². The molecule has 2 aromatic carbocycles. The van der Waals surface area contributed by atoms with Gasteiger partial charge in [0.1, 0.15) is 11.4 Å². The summed E-state index contributed by atoms with van der Waals surface area (Å²) in [6.45, 7) is 2.20. The Morgan fingerprint density at radius 3 is 2.55 bits per heavy atom. The quantitative estimate of drug-likeness (QED) is 0.630. The molecule has 3 aromatic rings. The third-order valence-electron chi connectivity index (χ3n) is 6.20. The largest absolute Gasteiger partial charge is 0.507 e. The van der Waals surface area contributed by atoms with Crippen LogP contribution in [-0.4, -0.2) is 60.1 Å². The molecule has 2 N–H and O–H groups in total. The summed E-state index contributed by atoms with van der Waals surface area (Å²) in [6, 6.07) is 13.3. The molecule has 0 spiro atoms. The molecule has 0 amide bonds. The minimum atomic E-state index is -3.41. The number of sulfone groups is 1. The monoisotopic (exact) mass is 438 g/mol. The highest BCUT2D eigenvalue weighted by Gasteiger charge is 2.32. The van der Waals surface area contributed by atoms with Gasteiger partial charge in [0, 0.05) is 41.2 Å². The number of nitrogens with one attached hydrogen (secondary N) is 1. The van der Waals surface area contributed by atoms with Crippen LogP contribution in [0.5, 0.6) is 5.75 Å². The van der Waals surface area contributed by atoms with Crippen LogP contribution in [0, 0.1) is 0 Å². The van der Waals surface area contributed by atoms with E-state index in [1.807, 2.05) is 24.3 Å². The third kappa shape index (κ3) is 4.09. The highest BCUT2D eigenvalue weighted by molar-refractivity contribution is 7.90. The summed E-state index contributed by atoms with van der Waals surface area (Å²) in [5.74, 6) is 0.615. The molecule has 1 aliphatic heterocycles. The van der Waals surface area contributed by atoms with Gasteiger partial charge in [0.25, 0.3) is 0 Å². The van der Waals surface area contributed by atoms with Crippen LogP contribution in [0.1, 0.15) is 25.7 Å². The number of aromatic nitrogens is 2. The Hall–Kier alpha value is -2.71. The average molecular weight is 439 g/mol. The van der Waals surface area contributed by atoms with Crippen molar-refractivity contribution in [1.82, 2.24) is 15.1 Å². The Bertz CT molecular complexity index is 1240. The number of anilines is 1. The summed E-state index contributed by atoms with van der Waals surface area (Å²) >= 11 is 0. The van der Waals surface area contributed by atoms with Gasteiger partial charge in [-0.15, -0.1) is 10.2 Å². The van der Waals surface area contributed by atoms with E-state index in [1.165, 1.54) is 37.9 Å². The van der Waals surface area contributed by atoms with E-state index in [2.05, 4.69) is 20.4 Å². The molecular formula is C23H26N4O3S. The number of piperidine rings is 1. The van der Waals surface area contributed by atoms with Crippen LogP contribution in [0.4, 0.5) is 5.82 Å². The zero-order valence-electron chi connectivity index (χ0n) is 17.5. The van der Waals surface area contributed by atoms with Crippen molar-refractivity contribution in [2.24, 2.45) is 0 Å². The van der Waals surface area contributed by atoms with Gasteiger partial charge in [-0.3, -0.25) is 4.90 Å². The van der Waals surface area contributed by atoms with Gasteiger partial charge in [0.2, 0.25) is 0 Å². The van der Waals surface area contributed by atoms with Crippen LogP contribution < -0.4 is 5.32 Å². The maximum Gasteiger partial charge on any atom is 0.175 e. The molecule has 0 unspecified atom stereocenters. The van der Waals surface area contributed by atoms with E-state index in [1.54, 1.807) is 6.07 Å². The third-order valence-corrected chi connectivity index (χ3v) is 7.31. The lowest BCUT2D eigenvalue weighted by Crippen LogP contribution is -2.43. The topological polar surface area (TPSA) is 95.4 Å². The molecule has 1 atom stereocenters. The van der Waals surface area contributed by atoms with Crippen molar-refractivity contribution >= 4 is 26.4 Å². The molecule has 162 valence electrons. The second kappa shape index (κ2) is 7.76. The lowest BCUT2D eigenvalue weighted by Gasteiger charge is -2.33. The van der Waals surface area contributed by atoms with Gasteiger partial charge >= 0.3 is 0 Å². The molecule has 1 aliphatic carbocycles. The molecule has 8 heteroatoms. The number of rotatable bonds is 5. The molecule has 0 radical (unpaired) electrons. The molecule has 1 saturated carbocycles. The van der Waals surface area contributed by atoms with E-state index < -0.39 is 9.84 Å². The zero-order valence-corrected chi connectivity index (χ0v) is 18.3. The lowest BCUT2D eigenvalue weighted by molar-refractivity contribution is 0.207. The molecule has 2 aliphatic rings. The Kier molecular flexibility index (Phi) is 5.06. The van der Waals surface area contributed by atoms with E-state index in [4.69, 9.17) is 0 Å².